The Labute approximate surface area is 133 Å². The van der Waals surface area contributed by atoms with E-state index in [4.69, 9.17) is 0 Å². The largest absolute Gasteiger partial charge is 0.323 e. The summed E-state index contributed by atoms with van der Waals surface area (Å²) in [5.74, 6) is 0.644. The molecule has 0 aliphatic carbocycles. The number of H-pyrrole nitrogens is 1. The number of aromatic nitrogens is 2. The van der Waals surface area contributed by atoms with E-state index in [0.29, 0.717) is 5.95 Å². The Balaban J connectivity index is 1.67. The molecule has 3 aromatic carbocycles. The Morgan fingerprint density at radius 3 is 2.65 bits per heavy atom. The zero-order valence-corrected chi connectivity index (χ0v) is 12.7. The molecule has 0 saturated carbocycles. The van der Waals surface area contributed by atoms with E-state index in [1.165, 1.54) is 10.8 Å². The molecule has 1 aromatic heterocycles. The van der Waals surface area contributed by atoms with Gasteiger partial charge in [-0.25, -0.2) is 10.4 Å². The molecule has 2 N–H and O–H groups in total. The quantitative estimate of drug-likeness (QED) is 0.431. The second-order valence-electron chi connectivity index (χ2n) is 5.44. The molecular weight excluding hydrogens is 284 g/mol. The maximum absolute atomic E-state index is 4.48. The first-order valence-electron chi connectivity index (χ1n) is 7.54. The minimum atomic E-state index is 0.644. The lowest BCUT2D eigenvalue weighted by Crippen LogP contribution is -2.01. The van der Waals surface area contributed by atoms with Crippen LogP contribution in [0.3, 0.4) is 0 Å². The molecule has 0 radical (unpaired) electrons. The van der Waals surface area contributed by atoms with Crippen molar-refractivity contribution in [2.75, 3.05) is 5.43 Å². The summed E-state index contributed by atoms with van der Waals surface area (Å²) >= 11 is 0. The van der Waals surface area contributed by atoms with E-state index in [2.05, 4.69) is 50.8 Å². The van der Waals surface area contributed by atoms with Crippen LogP contribution in [-0.2, 0) is 0 Å². The standard InChI is InChI=1S/C19H16N4/c1-13(15-10-6-8-14-7-2-3-9-16(14)15)22-23-19-20-17-11-4-5-12-18(17)21-19/h2-12H,1H3,(H2,20,21,23)/b22-13-. The van der Waals surface area contributed by atoms with Crippen LogP contribution in [0.5, 0.6) is 0 Å². The van der Waals surface area contributed by atoms with Crippen molar-refractivity contribution >= 4 is 33.5 Å². The summed E-state index contributed by atoms with van der Waals surface area (Å²) in [5.41, 5.74) is 6.97. The van der Waals surface area contributed by atoms with E-state index in [1.807, 2.05) is 43.3 Å². The second-order valence-corrected chi connectivity index (χ2v) is 5.44. The number of nitrogens with one attached hydrogen (secondary N) is 2. The van der Waals surface area contributed by atoms with Crippen molar-refractivity contribution in [1.29, 1.82) is 0 Å². The lowest BCUT2D eigenvalue weighted by Gasteiger charge is -2.06. The lowest BCUT2D eigenvalue weighted by atomic mass is 10.0. The summed E-state index contributed by atoms with van der Waals surface area (Å²) in [4.78, 5) is 7.68. The molecular formula is C19H16N4. The number of aromatic amines is 1. The Morgan fingerprint density at radius 1 is 0.957 bits per heavy atom. The fraction of sp³-hybridized carbons (Fsp3) is 0.0526. The van der Waals surface area contributed by atoms with Gasteiger partial charge < -0.3 is 4.98 Å². The zero-order chi connectivity index (χ0) is 15.6. The first kappa shape index (κ1) is 13.5. The molecule has 4 aromatic rings. The summed E-state index contributed by atoms with van der Waals surface area (Å²) in [5, 5.41) is 6.89. The number of para-hydroxylation sites is 2. The molecule has 0 unspecified atom stereocenters. The van der Waals surface area contributed by atoms with Gasteiger partial charge in [0.2, 0.25) is 5.95 Å². The number of hydrogen-bond donors (Lipinski definition) is 2. The molecule has 4 nitrogen and oxygen atoms in total. The molecule has 23 heavy (non-hydrogen) atoms. The van der Waals surface area contributed by atoms with Gasteiger partial charge in [0.05, 0.1) is 16.7 Å². The molecule has 1 heterocycles. The molecule has 0 aliphatic rings. The second kappa shape index (κ2) is 5.57. The van der Waals surface area contributed by atoms with Gasteiger partial charge in [-0.2, -0.15) is 5.10 Å². The first-order chi connectivity index (χ1) is 11.3. The SMILES string of the molecule is C/C(=N/Nc1nc2ccccc2[nH]1)c1cccc2ccccc12. The van der Waals surface area contributed by atoms with Gasteiger partial charge in [-0.05, 0) is 29.8 Å². The molecule has 0 atom stereocenters. The average molecular weight is 300 g/mol. The first-order valence-corrected chi connectivity index (χ1v) is 7.54. The highest BCUT2D eigenvalue weighted by atomic mass is 15.4. The van der Waals surface area contributed by atoms with Crippen LogP contribution in [0.1, 0.15) is 12.5 Å². The predicted octanol–water partition coefficient (Wildman–Crippen LogP) is 4.55. The Kier molecular flexibility index (Phi) is 3.27. The van der Waals surface area contributed by atoms with Gasteiger partial charge in [-0.1, -0.05) is 54.6 Å². The van der Waals surface area contributed by atoms with Crippen molar-refractivity contribution in [2.45, 2.75) is 6.92 Å². The van der Waals surface area contributed by atoms with E-state index >= 15 is 0 Å². The van der Waals surface area contributed by atoms with Gasteiger partial charge >= 0.3 is 0 Å². The molecule has 4 heteroatoms. The predicted molar refractivity (Wildman–Crippen MR) is 95.9 cm³/mol. The number of rotatable bonds is 3. The van der Waals surface area contributed by atoms with Gasteiger partial charge in [0.1, 0.15) is 0 Å². The van der Waals surface area contributed by atoms with Crippen LogP contribution in [0.15, 0.2) is 71.8 Å². The summed E-state index contributed by atoms with van der Waals surface area (Å²) < 4.78 is 0. The average Bonchev–Trinajstić information content (AvgIpc) is 3.02. The van der Waals surface area contributed by atoms with Gasteiger partial charge in [-0.15, -0.1) is 0 Å². The van der Waals surface area contributed by atoms with Gasteiger partial charge in [-0.3, -0.25) is 0 Å². The van der Waals surface area contributed by atoms with Gasteiger partial charge in [0, 0.05) is 5.56 Å². The fourth-order valence-electron chi connectivity index (χ4n) is 2.74. The highest BCUT2D eigenvalue weighted by Crippen LogP contribution is 2.19. The van der Waals surface area contributed by atoms with E-state index in [0.717, 1.165) is 22.3 Å². The molecule has 112 valence electrons. The number of fused-ring (bicyclic) bond motifs is 2. The smallest absolute Gasteiger partial charge is 0.222 e. The molecule has 0 saturated heterocycles. The highest BCUT2D eigenvalue weighted by Gasteiger charge is 2.04. The molecule has 0 bridgehead atoms. The molecule has 0 aliphatic heterocycles. The van der Waals surface area contributed by atoms with E-state index < -0.39 is 0 Å². The van der Waals surface area contributed by atoms with Crippen molar-refractivity contribution in [2.24, 2.45) is 5.10 Å². The van der Waals surface area contributed by atoms with Crippen molar-refractivity contribution in [1.82, 2.24) is 9.97 Å². The third kappa shape index (κ3) is 2.55. The number of hydrogen-bond acceptors (Lipinski definition) is 3. The van der Waals surface area contributed by atoms with Crippen LogP contribution < -0.4 is 5.43 Å². The Morgan fingerprint density at radius 2 is 1.74 bits per heavy atom. The Hall–Kier alpha value is -3.14. The van der Waals surface area contributed by atoms with Crippen LogP contribution in [0.2, 0.25) is 0 Å². The van der Waals surface area contributed by atoms with Crippen LogP contribution in [-0.4, -0.2) is 15.7 Å². The minimum Gasteiger partial charge on any atom is -0.323 e. The van der Waals surface area contributed by atoms with Crippen molar-refractivity contribution in [3.8, 4) is 0 Å². The molecule has 0 amide bonds. The number of anilines is 1. The number of imidazole rings is 1. The van der Waals surface area contributed by atoms with Crippen LogP contribution in [0, 0.1) is 0 Å². The summed E-state index contributed by atoms with van der Waals surface area (Å²) in [6.45, 7) is 2.00. The van der Waals surface area contributed by atoms with E-state index in [9.17, 15) is 0 Å². The van der Waals surface area contributed by atoms with E-state index in [1.54, 1.807) is 0 Å². The Bertz CT molecular complexity index is 976. The van der Waals surface area contributed by atoms with Crippen LogP contribution >= 0.6 is 0 Å². The molecule has 0 spiro atoms. The van der Waals surface area contributed by atoms with Gasteiger partial charge in [0.15, 0.2) is 0 Å². The summed E-state index contributed by atoms with van der Waals surface area (Å²) in [7, 11) is 0. The van der Waals surface area contributed by atoms with Crippen molar-refractivity contribution in [3.63, 3.8) is 0 Å². The normalized spacial score (nSPS) is 12.0. The lowest BCUT2D eigenvalue weighted by molar-refractivity contribution is 1.20. The third-order valence-corrected chi connectivity index (χ3v) is 3.90. The zero-order valence-electron chi connectivity index (χ0n) is 12.7. The maximum Gasteiger partial charge on any atom is 0.222 e. The minimum absolute atomic E-state index is 0.644. The monoisotopic (exact) mass is 300 g/mol. The summed E-state index contributed by atoms with van der Waals surface area (Å²) in [6, 6.07) is 22.5. The molecule has 4 rings (SSSR count). The third-order valence-electron chi connectivity index (χ3n) is 3.90. The van der Waals surface area contributed by atoms with Crippen LogP contribution in [0.25, 0.3) is 21.8 Å². The molecule has 0 fully saturated rings. The van der Waals surface area contributed by atoms with E-state index in [-0.39, 0.29) is 0 Å². The van der Waals surface area contributed by atoms with Crippen LogP contribution in [0.4, 0.5) is 5.95 Å². The fourth-order valence-corrected chi connectivity index (χ4v) is 2.74. The maximum atomic E-state index is 4.48. The van der Waals surface area contributed by atoms with Crippen molar-refractivity contribution < 1.29 is 0 Å². The number of nitrogens with zero attached hydrogens (tertiary/aromatic N) is 2. The number of benzene rings is 3. The topological polar surface area (TPSA) is 53.1 Å². The van der Waals surface area contributed by atoms with Gasteiger partial charge in [0.25, 0.3) is 0 Å². The summed E-state index contributed by atoms with van der Waals surface area (Å²) in [6.07, 6.45) is 0. The highest BCUT2D eigenvalue weighted by molar-refractivity contribution is 6.09. The number of hydrazone groups is 1. The van der Waals surface area contributed by atoms with Crippen molar-refractivity contribution in [3.05, 3.63) is 72.3 Å².